The molecule has 0 fully saturated rings. The van der Waals surface area contributed by atoms with Crippen LogP contribution < -0.4 is 5.32 Å². The molecular weight excluding hydrogens is 210 g/mol. The molecule has 3 unspecified atom stereocenters. The summed E-state index contributed by atoms with van der Waals surface area (Å²) in [6, 6.07) is 0.422. The number of rotatable bonds is 5. The van der Waals surface area contributed by atoms with Crippen LogP contribution in [-0.4, -0.2) is 31.8 Å². The molecule has 0 aromatic carbocycles. The summed E-state index contributed by atoms with van der Waals surface area (Å²) in [4.78, 5) is 4.27. The molecular formula is C10H19N3OS. The first-order valence-electron chi connectivity index (χ1n) is 5.04. The van der Waals surface area contributed by atoms with Gasteiger partial charge in [-0.05, 0) is 13.8 Å². The summed E-state index contributed by atoms with van der Waals surface area (Å²) in [5, 5.41) is 3.38. The number of nitrogens with one attached hydrogen (secondary N) is 1. The molecule has 1 N–H and O–H groups in total. The molecule has 0 radical (unpaired) electrons. The topological polar surface area (TPSA) is 46.9 Å². The maximum atomic E-state index is 11.0. The standard InChI is InChI=1S/C10H19N3OS/c1-8(7-15(4)14)12-9(2)10-11-5-6-13(10)3/h5-6,8-9,12H,7H2,1-4H3. The largest absolute Gasteiger partial charge is 0.337 e. The number of aromatic nitrogens is 2. The highest BCUT2D eigenvalue weighted by molar-refractivity contribution is 7.84. The predicted molar refractivity (Wildman–Crippen MR) is 63.2 cm³/mol. The van der Waals surface area contributed by atoms with Gasteiger partial charge >= 0.3 is 0 Å². The quantitative estimate of drug-likeness (QED) is 0.814. The minimum Gasteiger partial charge on any atom is -0.337 e. The van der Waals surface area contributed by atoms with E-state index < -0.39 is 10.8 Å². The van der Waals surface area contributed by atoms with Crippen molar-refractivity contribution in [1.29, 1.82) is 0 Å². The van der Waals surface area contributed by atoms with Crippen LogP contribution in [0, 0.1) is 0 Å². The maximum absolute atomic E-state index is 11.0. The van der Waals surface area contributed by atoms with Crippen LogP contribution in [-0.2, 0) is 17.8 Å². The van der Waals surface area contributed by atoms with Crippen molar-refractivity contribution in [1.82, 2.24) is 14.9 Å². The average Bonchev–Trinajstić information content (AvgIpc) is 2.49. The van der Waals surface area contributed by atoms with Crippen molar-refractivity contribution in [2.45, 2.75) is 25.9 Å². The Morgan fingerprint density at radius 3 is 2.73 bits per heavy atom. The van der Waals surface area contributed by atoms with E-state index >= 15 is 0 Å². The Morgan fingerprint density at radius 2 is 2.27 bits per heavy atom. The second kappa shape index (κ2) is 5.42. The van der Waals surface area contributed by atoms with Crippen molar-refractivity contribution in [3.63, 3.8) is 0 Å². The van der Waals surface area contributed by atoms with Crippen molar-refractivity contribution in [2.75, 3.05) is 12.0 Å². The number of hydrogen-bond donors (Lipinski definition) is 1. The zero-order valence-corrected chi connectivity index (χ0v) is 10.5. The normalized spacial score (nSPS) is 17.3. The van der Waals surface area contributed by atoms with E-state index in [0.717, 1.165) is 5.82 Å². The van der Waals surface area contributed by atoms with Gasteiger partial charge in [0.1, 0.15) is 5.82 Å². The number of imidazole rings is 1. The summed E-state index contributed by atoms with van der Waals surface area (Å²) in [6.07, 6.45) is 5.44. The molecule has 5 heteroatoms. The van der Waals surface area contributed by atoms with Gasteiger partial charge < -0.3 is 9.88 Å². The van der Waals surface area contributed by atoms with Gasteiger partial charge in [0.2, 0.25) is 0 Å². The van der Waals surface area contributed by atoms with Crippen molar-refractivity contribution < 1.29 is 4.21 Å². The van der Waals surface area contributed by atoms with Gasteiger partial charge in [-0.25, -0.2) is 4.98 Å². The molecule has 0 saturated heterocycles. The molecule has 3 atom stereocenters. The van der Waals surface area contributed by atoms with E-state index in [1.165, 1.54) is 0 Å². The second-order valence-electron chi connectivity index (χ2n) is 3.93. The third-order valence-corrected chi connectivity index (χ3v) is 3.23. The van der Waals surface area contributed by atoms with Crippen LogP contribution in [0.5, 0.6) is 0 Å². The fraction of sp³-hybridized carbons (Fsp3) is 0.700. The van der Waals surface area contributed by atoms with Crippen molar-refractivity contribution in [2.24, 2.45) is 7.05 Å². The van der Waals surface area contributed by atoms with Gasteiger partial charge in [0, 0.05) is 48.3 Å². The summed E-state index contributed by atoms with van der Waals surface area (Å²) >= 11 is 0. The van der Waals surface area contributed by atoms with Gasteiger partial charge in [-0.15, -0.1) is 0 Å². The molecule has 1 aromatic rings. The molecule has 1 aromatic heterocycles. The monoisotopic (exact) mass is 229 g/mol. The molecule has 86 valence electrons. The summed E-state index contributed by atoms with van der Waals surface area (Å²) < 4.78 is 13.0. The molecule has 0 saturated carbocycles. The van der Waals surface area contributed by atoms with Crippen LogP contribution in [0.25, 0.3) is 0 Å². The summed E-state index contributed by atoms with van der Waals surface area (Å²) in [6.45, 7) is 4.11. The van der Waals surface area contributed by atoms with Crippen LogP contribution in [0.4, 0.5) is 0 Å². The first-order chi connectivity index (χ1) is 7.00. The zero-order valence-electron chi connectivity index (χ0n) is 9.73. The molecule has 0 spiro atoms. The predicted octanol–water partition coefficient (Wildman–Crippen LogP) is 0.838. The minimum atomic E-state index is -0.754. The molecule has 0 aliphatic heterocycles. The Labute approximate surface area is 93.5 Å². The zero-order chi connectivity index (χ0) is 11.4. The Kier molecular flexibility index (Phi) is 4.47. The number of hydrogen-bond acceptors (Lipinski definition) is 3. The van der Waals surface area contributed by atoms with Gasteiger partial charge in [-0.3, -0.25) is 4.21 Å². The van der Waals surface area contributed by atoms with Gasteiger partial charge in [0.15, 0.2) is 0 Å². The average molecular weight is 229 g/mol. The van der Waals surface area contributed by atoms with E-state index in [4.69, 9.17) is 0 Å². The van der Waals surface area contributed by atoms with E-state index in [-0.39, 0.29) is 12.1 Å². The number of nitrogens with zero attached hydrogens (tertiary/aromatic N) is 2. The Hall–Kier alpha value is -0.680. The Bertz CT molecular complexity index is 337. The maximum Gasteiger partial charge on any atom is 0.125 e. The molecule has 0 aliphatic rings. The van der Waals surface area contributed by atoms with E-state index in [9.17, 15) is 4.21 Å². The van der Waals surface area contributed by atoms with Gasteiger partial charge in [0.25, 0.3) is 0 Å². The lowest BCUT2D eigenvalue weighted by molar-refractivity contribution is 0.479. The number of aryl methyl sites for hydroxylation is 1. The van der Waals surface area contributed by atoms with Gasteiger partial charge in [0.05, 0.1) is 6.04 Å². The Balaban J connectivity index is 2.52. The fourth-order valence-electron chi connectivity index (χ4n) is 1.70. The van der Waals surface area contributed by atoms with Crippen molar-refractivity contribution in [3.05, 3.63) is 18.2 Å². The third kappa shape index (κ3) is 3.76. The van der Waals surface area contributed by atoms with Gasteiger partial charge in [-0.2, -0.15) is 0 Å². The van der Waals surface area contributed by atoms with Crippen LogP contribution in [0.1, 0.15) is 25.7 Å². The van der Waals surface area contributed by atoms with Crippen molar-refractivity contribution >= 4 is 10.8 Å². The van der Waals surface area contributed by atoms with E-state index in [1.807, 2.05) is 24.7 Å². The van der Waals surface area contributed by atoms with E-state index in [2.05, 4.69) is 17.2 Å². The first kappa shape index (κ1) is 12.4. The smallest absolute Gasteiger partial charge is 0.125 e. The van der Waals surface area contributed by atoms with Crippen LogP contribution in [0.3, 0.4) is 0 Å². The fourth-order valence-corrected chi connectivity index (χ4v) is 2.50. The highest BCUT2D eigenvalue weighted by Gasteiger charge is 2.13. The summed E-state index contributed by atoms with van der Waals surface area (Å²) in [7, 11) is 1.22. The lowest BCUT2D eigenvalue weighted by Crippen LogP contribution is -2.34. The Morgan fingerprint density at radius 1 is 1.60 bits per heavy atom. The van der Waals surface area contributed by atoms with Crippen LogP contribution in [0.2, 0.25) is 0 Å². The molecule has 1 rings (SSSR count). The second-order valence-corrected chi connectivity index (χ2v) is 5.41. The molecule has 1 heterocycles. The van der Waals surface area contributed by atoms with Crippen LogP contribution >= 0.6 is 0 Å². The molecule has 4 nitrogen and oxygen atoms in total. The van der Waals surface area contributed by atoms with Gasteiger partial charge in [-0.1, -0.05) is 0 Å². The summed E-state index contributed by atoms with van der Waals surface area (Å²) in [5.41, 5.74) is 0. The minimum absolute atomic E-state index is 0.184. The highest BCUT2D eigenvalue weighted by Crippen LogP contribution is 2.09. The van der Waals surface area contributed by atoms with Crippen molar-refractivity contribution in [3.8, 4) is 0 Å². The highest BCUT2D eigenvalue weighted by atomic mass is 32.2. The molecule has 0 amide bonds. The lowest BCUT2D eigenvalue weighted by Gasteiger charge is -2.18. The molecule has 0 bridgehead atoms. The summed E-state index contributed by atoms with van der Waals surface area (Å²) in [5.74, 6) is 1.68. The third-order valence-electron chi connectivity index (χ3n) is 2.26. The van der Waals surface area contributed by atoms with E-state index in [1.54, 1.807) is 12.5 Å². The lowest BCUT2D eigenvalue weighted by atomic mass is 10.2. The molecule has 15 heavy (non-hydrogen) atoms. The first-order valence-corrected chi connectivity index (χ1v) is 6.76. The van der Waals surface area contributed by atoms with Crippen LogP contribution in [0.15, 0.2) is 12.4 Å². The van der Waals surface area contributed by atoms with E-state index in [0.29, 0.717) is 5.75 Å². The molecule has 0 aliphatic carbocycles. The SMILES string of the molecule is CC(CS(C)=O)NC(C)c1nccn1C.